The Hall–Kier alpha value is -1.99. The molecule has 0 amide bonds. The number of rotatable bonds is 3. The van der Waals surface area contributed by atoms with E-state index in [4.69, 9.17) is 4.74 Å². The van der Waals surface area contributed by atoms with Crippen molar-refractivity contribution in [3.8, 4) is 5.75 Å². The van der Waals surface area contributed by atoms with E-state index in [2.05, 4.69) is 9.97 Å². The molecule has 0 saturated carbocycles. The molecule has 1 aliphatic rings. The summed E-state index contributed by atoms with van der Waals surface area (Å²) in [5, 5.41) is 0. The fourth-order valence-electron chi connectivity index (χ4n) is 2.56. The lowest BCUT2D eigenvalue weighted by Gasteiger charge is -2.27. The summed E-state index contributed by atoms with van der Waals surface area (Å²) in [5.41, 5.74) is 2.64. The summed E-state index contributed by atoms with van der Waals surface area (Å²) in [4.78, 5) is 8.37. The van der Waals surface area contributed by atoms with Crippen molar-refractivity contribution in [3.05, 3.63) is 47.5 Å². The molecular formula is C15H17N3O3S. The summed E-state index contributed by atoms with van der Waals surface area (Å²) < 4.78 is 32.5. The van der Waals surface area contributed by atoms with Gasteiger partial charge in [-0.05, 0) is 36.6 Å². The predicted octanol–water partition coefficient (Wildman–Crippen LogP) is 1.54. The minimum atomic E-state index is -3.62. The van der Waals surface area contributed by atoms with Crippen LogP contribution in [0, 0.1) is 6.92 Å². The average molecular weight is 319 g/mol. The summed E-state index contributed by atoms with van der Waals surface area (Å²) in [6.45, 7) is 2.54. The number of hydrogen-bond acceptors (Lipinski definition) is 5. The Morgan fingerprint density at radius 1 is 1.32 bits per heavy atom. The van der Waals surface area contributed by atoms with Gasteiger partial charge in [-0.2, -0.15) is 4.31 Å². The van der Waals surface area contributed by atoms with E-state index >= 15 is 0 Å². The first-order valence-electron chi connectivity index (χ1n) is 6.95. The summed E-state index contributed by atoms with van der Waals surface area (Å²) in [6.07, 6.45) is 3.81. The van der Waals surface area contributed by atoms with Crippen molar-refractivity contribution in [3.63, 3.8) is 0 Å². The summed E-state index contributed by atoms with van der Waals surface area (Å²) in [7, 11) is -2.15. The normalized spacial score (nSPS) is 15.4. The van der Waals surface area contributed by atoms with Gasteiger partial charge >= 0.3 is 0 Å². The maximum absolute atomic E-state index is 12.9. The third-order valence-electron chi connectivity index (χ3n) is 3.77. The number of fused-ring (bicyclic) bond motifs is 1. The minimum Gasteiger partial charge on any atom is -0.495 e. The number of aryl methyl sites for hydroxylation is 1. The summed E-state index contributed by atoms with van der Waals surface area (Å²) >= 11 is 0. The van der Waals surface area contributed by atoms with Crippen molar-refractivity contribution in [2.75, 3.05) is 13.7 Å². The topological polar surface area (TPSA) is 72.4 Å². The molecule has 0 N–H and O–H groups in total. The van der Waals surface area contributed by atoms with Crippen LogP contribution in [0.5, 0.6) is 5.75 Å². The Balaban J connectivity index is 2.00. The van der Waals surface area contributed by atoms with Crippen molar-refractivity contribution >= 4 is 10.0 Å². The lowest BCUT2D eigenvalue weighted by molar-refractivity contribution is 0.373. The van der Waals surface area contributed by atoms with E-state index in [1.54, 1.807) is 18.3 Å². The van der Waals surface area contributed by atoms with E-state index in [1.165, 1.54) is 17.7 Å². The van der Waals surface area contributed by atoms with Gasteiger partial charge < -0.3 is 4.74 Å². The van der Waals surface area contributed by atoms with Crippen molar-refractivity contribution < 1.29 is 13.2 Å². The Bertz CT molecular complexity index is 805. The minimum absolute atomic E-state index is 0.201. The zero-order valence-electron chi connectivity index (χ0n) is 12.5. The second-order valence-electron chi connectivity index (χ2n) is 5.24. The zero-order chi connectivity index (χ0) is 15.7. The van der Waals surface area contributed by atoms with E-state index in [-0.39, 0.29) is 11.4 Å². The molecule has 0 bridgehead atoms. The van der Waals surface area contributed by atoms with Gasteiger partial charge in [0.2, 0.25) is 10.0 Å². The molecule has 0 spiro atoms. The molecule has 0 atom stereocenters. The first-order valence-corrected chi connectivity index (χ1v) is 8.39. The highest BCUT2D eigenvalue weighted by Crippen LogP contribution is 2.30. The molecule has 2 aromatic rings. The molecule has 116 valence electrons. The maximum atomic E-state index is 12.9. The number of methoxy groups -OCH3 is 1. The fraction of sp³-hybridized carbons (Fsp3) is 0.333. The van der Waals surface area contributed by atoms with Crippen molar-refractivity contribution in [1.82, 2.24) is 14.3 Å². The molecule has 1 aliphatic heterocycles. The lowest BCUT2D eigenvalue weighted by atomic mass is 10.1. The number of sulfonamides is 1. The van der Waals surface area contributed by atoms with Crippen LogP contribution >= 0.6 is 0 Å². The third kappa shape index (κ3) is 2.57. The van der Waals surface area contributed by atoms with E-state index < -0.39 is 10.0 Å². The highest BCUT2D eigenvalue weighted by molar-refractivity contribution is 7.89. The van der Waals surface area contributed by atoms with Crippen LogP contribution in [0.15, 0.2) is 35.6 Å². The van der Waals surface area contributed by atoms with Crippen LogP contribution in [-0.2, 0) is 23.0 Å². The van der Waals surface area contributed by atoms with Crippen molar-refractivity contribution in [1.29, 1.82) is 0 Å². The molecule has 22 heavy (non-hydrogen) atoms. The van der Waals surface area contributed by atoms with E-state index in [0.29, 0.717) is 18.7 Å². The van der Waals surface area contributed by atoms with Crippen LogP contribution in [0.25, 0.3) is 0 Å². The standard InChI is InChI=1S/C15H17N3O3S/c1-11-3-4-14(21-2)15(7-11)22(19,20)18-6-5-12-8-16-10-17-13(12)9-18/h3-4,7-8,10H,5-6,9H2,1-2H3. The Morgan fingerprint density at radius 2 is 2.14 bits per heavy atom. The van der Waals surface area contributed by atoms with Crippen LogP contribution in [0.4, 0.5) is 0 Å². The molecule has 1 aromatic heterocycles. The van der Waals surface area contributed by atoms with Crippen LogP contribution in [-0.4, -0.2) is 36.3 Å². The quantitative estimate of drug-likeness (QED) is 0.858. The van der Waals surface area contributed by atoms with Crippen LogP contribution < -0.4 is 4.74 Å². The number of hydrogen-bond donors (Lipinski definition) is 0. The zero-order valence-corrected chi connectivity index (χ0v) is 13.3. The monoisotopic (exact) mass is 319 g/mol. The summed E-state index contributed by atoms with van der Waals surface area (Å²) in [6, 6.07) is 5.16. The van der Waals surface area contributed by atoms with Gasteiger partial charge in [0.25, 0.3) is 0 Å². The first-order chi connectivity index (χ1) is 10.5. The van der Waals surface area contributed by atoms with Gasteiger partial charge in [0.1, 0.15) is 17.0 Å². The summed E-state index contributed by atoms with van der Waals surface area (Å²) in [5.74, 6) is 0.360. The number of benzene rings is 1. The Labute approximate surface area is 129 Å². The Kier molecular flexibility index (Phi) is 3.84. The molecule has 6 nitrogen and oxygen atoms in total. The molecule has 3 rings (SSSR count). The largest absolute Gasteiger partial charge is 0.495 e. The fourth-order valence-corrected chi connectivity index (χ4v) is 4.20. The number of aromatic nitrogens is 2. The highest BCUT2D eigenvalue weighted by atomic mass is 32.2. The smallest absolute Gasteiger partial charge is 0.247 e. The first kappa shape index (κ1) is 14.9. The SMILES string of the molecule is COc1ccc(C)cc1S(=O)(=O)N1CCc2cncnc2C1. The van der Waals surface area contributed by atoms with Gasteiger partial charge in [0, 0.05) is 12.7 Å². The lowest BCUT2D eigenvalue weighted by Crippen LogP contribution is -2.36. The molecule has 7 heteroatoms. The molecule has 2 heterocycles. The van der Waals surface area contributed by atoms with Gasteiger partial charge in [-0.15, -0.1) is 0 Å². The number of ether oxygens (including phenoxy) is 1. The van der Waals surface area contributed by atoms with Crippen LogP contribution in [0.1, 0.15) is 16.8 Å². The van der Waals surface area contributed by atoms with Gasteiger partial charge in [0.05, 0.1) is 19.3 Å². The molecule has 0 saturated heterocycles. The molecule has 0 aliphatic carbocycles. The molecule has 0 radical (unpaired) electrons. The maximum Gasteiger partial charge on any atom is 0.247 e. The third-order valence-corrected chi connectivity index (χ3v) is 5.64. The van der Waals surface area contributed by atoms with Gasteiger partial charge in [-0.25, -0.2) is 18.4 Å². The van der Waals surface area contributed by atoms with Gasteiger partial charge in [-0.3, -0.25) is 0 Å². The van der Waals surface area contributed by atoms with Crippen LogP contribution in [0.3, 0.4) is 0 Å². The Morgan fingerprint density at radius 3 is 2.91 bits per heavy atom. The molecule has 0 unspecified atom stereocenters. The van der Waals surface area contributed by atoms with Gasteiger partial charge in [-0.1, -0.05) is 6.07 Å². The van der Waals surface area contributed by atoms with Crippen LogP contribution in [0.2, 0.25) is 0 Å². The van der Waals surface area contributed by atoms with Gasteiger partial charge in [0.15, 0.2) is 0 Å². The second kappa shape index (κ2) is 5.66. The molecule has 1 aromatic carbocycles. The van der Waals surface area contributed by atoms with E-state index in [9.17, 15) is 8.42 Å². The molecular weight excluding hydrogens is 302 g/mol. The predicted molar refractivity (Wildman–Crippen MR) is 81.1 cm³/mol. The average Bonchev–Trinajstić information content (AvgIpc) is 2.54. The highest BCUT2D eigenvalue weighted by Gasteiger charge is 2.31. The van der Waals surface area contributed by atoms with Crippen molar-refractivity contribution in [2.24, 2.45) is 0 Å². The van der Waals surface area contributed by atoms with Crippen molar-refractivity contribution in [2.45, 2.75) is 24.8 Å². The van der Waals surface area contributed by atoms with E-state index in [1.807, 2.05) is 13.0 Å². The molecule has 0 fully saturated rings. The number of nitrogens with zero attached hydrogens (tertiary/aromatic N) is 3. The second-order valence-corrected chi connectivity index (χ2v) is 7.14. The van der Waals surface area contributed by atoms with E-state index in [0.717, 1.165) is 16.8 Å².